The molecule has 0 fully saturated rings. The molecule has 0 saturated heterocycles. The summed E-state index contributed by atoms with van der Waals surface area (Å²) in [6.45, 7) is 3.76. The summed E-state index contributed by atoms with van der Waals surface area (Å²) in [4.78, 5) is 16.3. The van der Waals surface area contributed by atoms with E-state index in [2.05, 4.69) is 10.3 Å². The number of amides is 1. The van der Waals surface area contributed by atoms with Gasteiger partial charge < -0.3 is 10.1 Å². The van der Waals surface area contributed by atoms with Crippen molar-refractivity contribution in [3.8, 4) is 5.75 Å². The van der Waals surface area contributed by atoms with E-state index >= 15 is 0 Å². The monoisotopic (exact) mass is 346 g/mol. The van der Waals surface area contributed by atoms with Gasteiger partial charge in [-0.25, -0.2) is 0 Å². The van der Waals surface area contributed by atoms with Crippen LogP contribution in [0.25, 0.3) is 0 Å². The molecule has 1 amide bonds. The van der Waals surface area contributed by atoms with Crippen molar-refractivity contribution in [3.63, 3.8) is 0 Å². The summed E-state index contributed by atoms with van der Waals surface area (Å²) in [5, 5.41) is 2.89. The Bertz CT molecular complexity index is 844. The normalized spacial score (nSPS) is 11.6. The van der Waals surface area contributed by atoms with Crippen LogP contribution in [0.5, 0.6) is 5.75 Å². The van der Waals surface area contributed by atoms with Crippen LogP contribution >= 0.6 is 0 Å². The molecule has 1 aromatic heterocycles. The van der Waals surface area contributed by atoms with Crippen molar-refractivity contribution in [2.75, 3.05) is 5.32 Å². The number of ether oxygens (including phenoxy) is 1. The lowest BCUT2D eigenvalue weighted by molar-refractivity contribution is -0.122. The molecular weight excluding hydrogens is 324 g/mol. The van der Waals surface area contributed by atoms with Crippen LogP contribution in [0.1, 0.15) is 23.6 Å². The number of carbonyl (C=O) groups excluding carboxylic acids is 1. The number of pyridine rings is 1. The zero-order chi connectivity index (χ0) is 18.4. The van der Waals surface area contributed by atoms with Gasteiger partial charge in [0, 0.05) is 18.1 Å². The van der Waals surface area contributed by atoms with E-state index in [1.165, 1.54) is 11.1 Å². The highest BCUT2D eigenvalue weighted by molar-refractivity contribution is 5.94. The SMILES string of the molecule is Cc1ccc(O[C@@H](C)C(=O)Nc2ccc(Cc3ccncc3)cc2)cc1. The fourth-order valence-electron chi connectivity index (χ4n) is 2.56. The highest BCUT2D eigenvalue weighted by Gasteiger charge is 2.14. The number of aryl methyl sites for hydroxylation is 1. The Balaban J connectivity index is 1.56. The minimum atomic E-state index is -0.575. The van der Waals surface area contributed by atoms with E-state index in [9.17, 15) is 4.79 Å². The van der Waals surface area contributed by atoms with Gasteiger partial charge in [-0.05, 0) is 67.8 Å². The van der Waals surface area contributed by atoms with E-state index in [0.717, 1.165) is 17.7 Å². The zero-order valence-corrected chi connectivity index (χ0v) is 15.0. The molecule has 1 heterocycles. The first-order valence-corrected chi connectivity index (χ1v) is 8.62. The molecular formula is C22H22N2O2. The van der Waals surface area contributed by atoms with Crippen LogP contribution in [0, 0.1) is 6.92 Å². The summed E-state index contributed by atoms with van der Waals surface area (Å²) >= 11 is 0. The van der Waals surface area contributed by atoms with Crippen molar-refractivity contribution in [1.29, 1.82) is 0 Å². The number of aromatic nitrogens is 1. The largest absolute Gasteiger partial charge is 0.481 e. The number of hydrogen-bond donors (Lipinski definition) is 1. The van der Waals surface area contributed by atoms with Crippen LogP contribution in [-0.4, -0.2) is 17.0 Å². The quantitative estimate of drug-likeness (QED) is 0.720. The second kappa shape index (κ2) is 8.30. The van der Waals surface area contributed by atoms with Gasteiger partial charge in [-0.1, -0.05) is 29.8 Å². The van der Waals surface area contributed by atoms with Crippen molar-refractivity contribution < 1.29 is 9.53 Å². The van der Waals surface area contributed by atoms with Gasteiger partial charge >= 0.3 is 0 Å². The molecule has 0 unspecified atom stereocenters. The third-order valence-corrected chi connectivity index (χ3v) is 4.08. The first kappa shape index (κ1) is 17.7. The molecule has 4 heteroatoms. The lowest BCUT2D eigenvalue weighted by Gasteiger charge is -2.15. The number of nitrogens with zero attached hydrogens (tertiary/aromatic N) is 1. The van der Waals surface area contributed by atoms with E-state index in [1.807, 2.05) is 67.6 Å². The Morgan fingerprint density at radius 3 is 2.23 bits per heavy atom. The van der Waals surface area contributed by atoms with Crippen molar-refractivity contribution >= 4 is 11.6 Å². The smallest absolute Gasteiger partial charge is 0.265 e. The minimum Gasteiger partial charge on any atom is -0.481 e. The molecule has 1 atom stereocenters. The van der Waals surface area contributed by atoms with Gasteiger partial charge in [0.15, 0.2) is 6.10 Å². The van der Waals surface area contributed by atoms with E-state index in [4.69, 9.17) is 4.74 Å². The molecule has 0 aliphatic rings. The summed E-state index contributed by atoms with van der Waals surface area (Å²) < 4.78 is 5.69. The fourth-order valence-corrected chi connectivity index (χ4v) is 2.56. The predicted molar refractivity (Wildman–Crippen MR) is 103 cm³/mol. The topological polar surface area (TPSA) is 51.2 Å². The molecule has 3 aromatic rings. The van der Waals surface area contributed by atoms with Crippen molar-refractivity contribution in [2.24, 2.45) is 0 Å². The van der Waals surface area contributed by atoms with Crippen LogP contribution in [0.4, 0.5) is 5.69 Å². The Hall–Kier alpha value is -3.14. The minimum absolute atomic E-state index is 0.174. The molecule has 0 bridgehead atoms. The Morgan fingerprint density at radius 2 is 1.58 bits per heavy atom. The number of benzene rings is 2. The van der Waals surface area contributed by atoms with Gasteiger partial charge in [0.1, 0.15) is 5.75 Å². The van der Waals surface area contributed by atoms with E-state index in [0.29, 0.717) is 5.75 Å². The molecule has 2 aromatic carbocycles. The van der Waals surface area contributed by atoms with Crippen LogP contribution in [0.15, 0.2) is 73.1 Å². The van der Waals surface area contributed by atoms with Crippen molar-refractivity contribution in [3.05, 3.63) is 89.7 Å². The molecule has 0 saturated carbocycles. The first-order valence-electron chi connectivity index (χ1n) is 8.62. The Morgan fingerprint density at radius 1 is 0.962 bits per heavy atom. The zero-order valence-electron chi connectivity index (χ0n) is 15.0. The average molecular weight is 346 g/mol. The van der Waals surface area contributed by atoms with Crippen molar-refractivity contribution in [2.45, 2.75) is 26.4 Å². The third-order valence-electron chi connectivity index (χ3n) is 4.08. The van der Waals surface area contributed by atoms with Gasteiger partial charge in [-0.15, -0.1) is 0 Å². The summed E-state index contributed by atoms with van der Waals surface area (Å²) in [6.07, 6.45) is 3.84. The number of nitrogens with one attached hydrogen (secondary N) is 1. The number of carbonyl (C=O) groups is 1. The number of anilines is 1. The molecule has 0 spiro atoms. The van der Waals surface area contributed by atoms with E-state index < -0.39 is 6.10 Å². The first-order chi connectivity index (χ1) is 12.6. The third kappa shape index (κ3) is 4.93. The maximum atomic E-state index is 12.3. The van der Waals surface area contributed by atoms with Gasteiger partial charge in [0.25, 0.3) is 5.91 Å². The summed E-state index contributed by atoms with van der Waals surface area (Å²) in [6, 6.07) is 19.5. The predicted octanol–water partition coefficient (Wildman–Crippen LogP) is 4.39. The molecule has 4 nitrogen and oxygen atoms in total. The van der Waals surface area contributed by atoms with Crippen LogP contribution < -0.4 is 10.1 Å². The summed E-state index contributed by atoms with van der Waals surface area (Å²) in [5.74, 6) is 0.512. The highest BCUT2D eigenvalue weighted by atomic mass is 16.5. The Kier molecular flexibility index (Phi) is 5.64. The lowest BCUT2D eigenvalue weighted by atomic mass is 10.1. The fraction of sp³-hybridized carbons (Fsp3) is 0.182. The van der Waals surface area contributed by atoms with Crippen LogP contribution in [0.3, 0.4) is 0 Å². The van der Waals surface area contributed by atoms with Crippen LogP contribution in [-0.2, 0) is 11.2 Å². The second-order valence-electron chi connectivity index (χ2n) is 6.29. The molecule has 0 aliphatic heterocycles. The number of hydrogen-bond acceptors (Lipinski definition) is 3. The summed E-state index contributed by atoms with van der Waals surface area (Å²) in [5.41, 5.74) is 4.30. The maximum Gasteiger partial charge on any atom is 0.265 e. The van der Waals surface area contributed by atoms with Gasteiger partial charge in [0.05, 0.1) is 0 Å². The molecule has 0 aliphatic carbocycles. The van der Waals surface area contributed by atoms with Gasteiger partial charge in [0.2, 0.25) is 0 Å². The summed E-state index contributed by atoms with van der Waals surface area (Å²) in [7, 11) is 0. The molecule has 1 N–H and O–H groups in total. The van der Waals surface area contributed by atoms with Crippen molar-refractivity contribution in [1.82, 2.24) is 4.98 Å². The van der Waals surface area contributed by atoms with Crippen LogP contribution in [0.2, 0.25) is 0 Å². The highest BCUT2D eigenvalue weighted by Crippen LogP contribution is 2.16. The molecule has 0 radical (unpaired) electrons. The second-order valence-corrected chi connectivity index (χ2v) is 6.29. The number of rotatable bonds is 6. The molecule has 26 heavy (non-hydrogen) atoms. The van der Waals surface area contributed by atoms with E-state index in [-0.39, 0.29) is 5.91 Å². The van der Waals surface area contributed by atoms with Gasteiger partial charge in [-0.3, -0.25) is 9.78 Å². The van der Waals surface area contributed by atoms with Gasteiger partial charge in [-0.2, -0.15) is 0 Å². The molecule has 132 valence electrons. The average Bonchev–Trinajstić information content (AvgIpc) is 2.66. The molecule has 3 rings (SSSR count). The maximum absolute atomic E-state index is 12.3. The van der Waals surface area contributed by atoms with E-state index in [1.54, 1.807) is 19.3 Å². The standard InChI is InChI=1S/C22H22N2O2/c1-16-3-9-21(10-4-16)26-17(2)22(25)24-20-7-5-18(6-8-20)15-19-11-13-23-14-12-19/h3-14,17H,15H2,1-2H3,(H,24,25)/t17-/m0/s1. The lowest BCUT2D eigenvalue weighted by Crippen LogP contribution is -2.30. The Labute approximate surface area is 153 Å².